The lowest BCUT2D eigenvalue weighted by atomic mass is 9.93. The number of piperidine rings is 2. The number of benzene rings is 4. The van der Waals surface area contributed by atoms with Gasteiger partial charge in [-0.3, -0.25) is 43.8 Å². The smallest absolute Gasteiger partial charge is 0.262 e. The summed E-state index contributed by atoms with van der Waals surface area (Å²) in [5, 5.41) is 9.57. The quantitative estimate of drug-likeness (QED) is 0.0477. The zero-order chi connectivity index (χ0) is 49.0. The molecule has 3 aliphatic heterocycles. The first kappa shape index (κ1) is 51.0. The third-order valence-corrected chi connectivity index (χ3v) is 12.8. The molecule has 2 fully saturated rings. The predicted molar refractivity (Wildman–Crippen MR) is 261 cm³/mol. The number of fused-ring (bicyclic) bond motifs is 1. The van der Waals surface area contributed by atoms with Gasteiger partial charge >= 0.3 is 0 Å². The Balaban J connectivity index is 0.853. The summed E-state index contributed by atoms with van der Waals surface area (Å²) in [6, 6.07) is 22.0. The fourth-order valence-electron chi connectivity index (χ4n) is 7.89. The Morgan fingerprint density at radius 3 is 1.90 bits per heavy atom. The number of hydrogen-bond acceptors (Lipinski definition) is 11. The number of anilines is 1. The third kappa shape index (κ3) is 13.5. The SMILES string of the molecule is O=C1CCC(N2C(=O)c3ccc(NCCOCCOCCOCCC(=O)NC(Cc4ccccc4)C(=O)N4C/C(=C\c5ccc(Cl)c(Cl)c5)C(=O)/C(=C/c5ccc(Cl)c(Cl)c5)C4)cc3C2=O)C(=O)N1. The molecule has 3 aliphatic rings. The first-order valence-corrected chi connectivity index (χ1v) is 23.6. The molecular formula is C50H47Cl4N5O10. The number of imide groups is 2. The molecule has 0 spiro atoms. The first-order chi connectivity index (χ1) is 33.2. The molecule has 3 heterocycles. The number of ether oxygens (including phenoxy) is 3. The minimum absolute atomic E-state index is 0.0229. The van der Waals surface area contributed by atoms with Crippen molar-refractivity contribution in [3.63, 3.8) is 0 Å². The summed E-state index contributed by atoms with van der Waals surface area (Å²) in [6.45, 7) is 1.78. The van der Waals surface area contributed by atoms with Crippen LogP contribution in [0.1, 0.15) is 56.7 Å². The molecule has 0 radical (unpaired) electrons. The van der Waals surface area contributed by atoms with E-state index in [4.69, 9.17) is 60.6 Å². The van der Waals surface area contributed by atoms with Crippen molar-refractivity contribution in [2.45, 2.75) is 37.8 Å². The van der Waals surface area contributed by atoms with Crippen LogP contribution in [0.15, 0.2) is 96.1 Å². The Bertz CT molecular complexity index is 2620. The highest BCUT2D eigenvalue weighted by Gasteiger charge is 2.44. The fourth-order valence-corrected chi connectivity index (χ4v) is 8.51. The van der Waals surface area contributed by atoms with Crippen molar-refractivity contribution in [3.8, 4) is 0 Å². The van der Waals surface area contributed by atoms with Gasteiger partial charge in [0.1, 0.15) is 12.1 Å². The highest BCUT2D eigenvalue weighted by atomic mass is 35.5. The molecule has 0 bridgehead atoms. The average Bonchev–Trinajstić information content (AvgIpc) is 3.57. The summed E-state index contributed by atoms with van der Waals surface area (Å²) < 4.78 is 16.9. The summed E-state index contributed by atoms with van der Waals surface area (Å²) in [5.74, 6) is -3.30. The molecule has 0 aromatic heterocycles. The van der Waals surface area contributed by atoms with Gasteiger partial charge in [0.2, 0.25) is 23.6 Å². The van der Waals surface area contributed by atoms with E-state index >= 15 is 0 Å². The lowest BCUT2D eigenvalue weighted by molar-refractivity contribution is -0.137. The van der Waals surface area contributed by atoms with Gasteiger partial charge < -0.3 is 29.7 Å². The Morgan fingerprint density at radius 1 is 0.696 bits per heavy atom. The molecule has 69 heavy (non-hydrogen) atoms. The molecule has 0 aliphatic carbocycles. The highest BCUT2D eigenvalue weighted by molar-refractivity contribution is 6.42. The molecule has 3 N–H and O–H groups in total. The van der Waals surface area contributed by atoms with E-state index < -0.39 is 41.6 Å². The molecule has 360 valence electrons. The van der Waals surface area contributed by atoms with Crippen molar-refractivity contribution in [1.82, 2.24) is 20.4 Å². The molecule has 2 atom stereocenters. The Morgan fingerprint density at radius 2 is 1.29 bits per heavy atom. The van der Waals surface area contributed by atoms with Crippen LogP contribution in [0.3, 0.4) is 0 Å². The molecule has 2 unspecified atom stereocenters. The topological polar surface area (TPSA) is 190 Å². The molecule has 2 saturated heterocycles. The van der Waals surface area contributed by atoms with E-state index in [-0.39, 0.29) is 88.0 Å². The van der Waals surface area contributed by atoms with E-state index in [2.05, 4.69) is 16.0 Å². The summed E-state index contributed by atoms with van der Waals surface area (Å²) in [5.41, 5.74) is 3.69. The number of likely N-dealkylation sites (tertiary alicyclic amines) is 1. The number of nitrogens with zero attached hydrogens (tertiary/aromatic N) is 2. The second-order valence-corrected chi connectivity index (χ2v) is 17.9. The number of halogens is 4. The number of ketones is 1. The maximum absolute atomic E-state index is 14.5. The minimum atomic E-state index is -1.03. The van der Waals surface area contributed by atoms with Crippen molar-refractivity contribution in [2.24, 2.45) is 0 Å². The second kappa shape index (κ2) is 24.1. The van der Waals surface area contributed by atoms with Crippen LogP contribution in [0.25, 0.3) is 12.2 Å². The van der Waals surface area contributed by atoms with Crippen molar-refractivity contribution in [1.29, 1.82) is 0 Å². The van der Waals surface area contributed by atoms with Gasteiger partial charge in [0.25, 0.3) is 11.8 Å². The van der Waals surface area contributed by atoms with Gasteiger partial charge in [-0.05, 0) is 77.7 Å². The molecule has 4 aromatic carbocycles. The van der Waals surface area contributed by atoms with Crippen LogP contribution in [-0.4, -0.2) is 122 Å². The largest absolute Gasteiger partial charge is 0.383 e. The van der Waals surface area contributed by atoms with Gasteiger partial charge in [-0.15, -0.1) is 0 Å². The minimum Gasteiger partial charge on any atom is -0.383 e. The normalized spacial score (nSPS) is 17.6. The number of nitrogens with one attached hydrogen (secondary N) is 3. The Hall–Kier alpha value is -5.91. The molecule has 15 nitrogen and oxygen atoms in total. The summed E-state index contributed by atoms with van der Waals surface area (Å²) in [7, 11) is 0. The summed E-state index contributed by atoms with van der Waals surface area (Å²) >= 11 is 24.9. The van der Waals surface area contributed by atoms with Gasteiger partial charge in [0.05, 0.1) is 70.9 Å². The van der Waals surface area contributed by atoms with E-state index in [1.165, 1.54) is 6.07 Å². The maximum Gasteiger partial charge on any atom is 0.262 e. The van der Waals surface area contributed by atoms with Crippen molar-refractivity contribution in [2.75, 3.05) is 64.6 Å². The Kier molecular flexibility index (Phi) is 17.8. The van der Waals surface area contributed by atoms with Crippen LogP contribution in [0, 0.1) is 0 Å². The monoisotopic (exact) mass is 1020 g/mol. The van der Waals surface area contributed by atoms with E-state index in [1.54, 1.807) is 65.6 Å². The zero-order valence-corrected chi connectivity index (χ0v) is 40.1. The van der Waals surface area contributed by atoms with Crippen molar-refractivity contribution < 1.29 is 47.8 Å². The molecule has 6 amide bonds. The summed E-state index contributed by atoms with van der Waals surface area (Å²) in [4.78, 5) is 94.1. The lowest BCUT2D eigenvalue weighted by Gasteiger charge is -2.33. The Labute approximate surface area is 418 Å². The molecule has 7 rings (SSSR count). The zero-order valence-electron chi connectivity index (χ0n) is 37.1. The highest BCUT2D eigenvalue weighted by Crippen LogP contribution is 2.31. The number of hydrogen-bond donors (Lipinski definition) is 3. The lowest BCUT2D eigenvalue weighted by Crippen LogP contribution is -2.54. The van der Waals surface area contributed by atoms with Gasteiger partial charge in [-0.1, -0.05) is 88.9 Å². The standard InChI is InChI=1S/C50H47Cl4N5O10/c51-38-10-6-31(24-40(38)53)22-33-28-58(29-34(46(33)62)23-32-7-11-39(52)41(54)25-32)50(66)42(26-30-4-2-1-3-5-30)56-45(61)14-16-67-18-20-69-21-19-68-17-15-55-35-8-9-36-37(27-35)49(65)59(48(36)64)43-12-13-44(60)57-47(43)63/h1-11,22-25,27,42-43,55H,12-21,26,28-29H2,(H,56,61)(H,57,60,63)/b33-22+,34-23+. The third-order valence-electron chi connectivity index (χ3n) is 11.3. The van der Waals surface area contributed by atoms with Crippen molar-refractivity contribution >= 4 is 105 Å². The van der Waals surface area contributed by atoms with Crippen LogP contribution in [0.4, 0.5) is 5.69 Å². The van der Waals surface area contributed by atoms with Gasteiger partial charge in [0.15, 0.2) is 5.78 Å². The van der Waals surface area contributed by atoms with Crippen LogP contribution in [-0.2, 0) is 44.6 Å². The first-order valence-electron chi connectivity index (χ1n) is 22.1. The maximum atomic E-state index is 14.5. The average molecular weight is 1020 g/mol. The summed E-state index contributed by atoms with van der Waals surface area (Å²) in [6.07, 6.45) is 3.64. The van der Waals surface area contributed by atoms with E-state index in [1.807, 2.05) is 30.3 Å². The molecule has 19 heteroatoms. The van der Waals surface area contributed by atoms with Gasteiger partial charge in [-0.25, -0.2) is 0 Å². The number of rotatable bonds is 20. The van der Waals surface area contributed by atoms with Crippen molar-refractivity contribution in [3.05, 3.63) is 144 Å². The van der Waals surface area contributed by atoms with Gasteiger partial charge in [0, 0.05) is 55.7 Å². The van der Waals surface area contributed by atoms with E-state index in [9.17, 15) is 33.6 Å². The predicted octanol–water partition coefficient (Wildman–Crippen LogP) is 6.86. The van der Waals surface area contributed by atoms with Crippen LogP contribution >= 0.6 is 46.4 Å². The number of Topliss-reactive ketones (excluding diaryl/α,β-unsaturated/α-hetero) is 1. The number of carbonyl (C=O) groups excluding carboxylic acids is 7. The second-order valence-electron chi connectivity index (χ2n) is 16.2. The fraction of sp³-hybridized carbons (Fsp3) is 0.300. The molecule has 0 saturated carbocycles. The molecule has 4 aromatic rings. The van der Waals surface area contributed by atoms with Crippen LogP contribution in [0.2, 0.25) is 20.1 Å². The van der Waals surface area contributed by atoms with E-state index in [0.29, 0.717) is 67.8 Å². The van der Waals surface area contributed by atoms with Crippen LogP contribution < -0.4 is 16.0 Å². The number of carbonyl (C=O) groups is 7. The van der Waals surface area contributed by atoms with Gasteiger partial charge in [-0.2, -0.15) is 0 Å². The van der Waals surface area contributed by atoms with E-state index in [0.717, 1.165) is 10.5 Å². The van der Waals surface area contributed by atoms with Crippen LogP contribution in [0.5, 0.6) is 0 Å². The molecular weight excluding hydrogens is 972 g/mol. The number of amides is 6.